The van der Waals surface area contributed by atoms with E-state index in [0.717, 1.165) is 16.7 Å². The number of methoxy groups -OCH3 is 1. The number of piperidine rings is 1. The number of amides is 1. The van der Waals surface area contributed by atoms with Gasteiger partial charge in [0, 0.05) is 24.9 Å². The average Bonchev–Trinajstić information content (AvgIpc) is 3.08. The van der Waals surface area contributed by atoms with E-state index in [2.05, 4.69) is 5.10 Å². The van der Waals surface area contributed by atoms with Crippen molar-refractivity contribution in [1.82, 2.24) is 14.7 Å². The van der Waals surface area contributed by atoms with Crippen molar-refractivity contribution >= 4 is 22.8 Å². The molecule has 1 aliphatic rings. The Morgan fingerprint density at radius 3 is 2.73 bits per heavy atom. The van der Waals surface area contributed by atoms with Crippen LogP contribution in [-0.2, 0) is 20.9 Å². The molecule has 1 fully saturated rings. The molecule has 0 bridgehead atoms. The van der Waals surface area contributed by atoms with Gasteiger partial charge in [-0.25, -0.2) is 0 Å². The van der Waals surface area contributed by atoms with Crippen LogP contribution in [0.3, 0.4) is 0 Å². The summed E-state index contributed by atoms with van der Waals surface area (Å²) in [5, 5.41) is 5.37. The third kappa shape index (κ3) is 3.98. The van der Waals surface area contributed by atoms with Crippen molar-refractivity contribution in [3.05, 3.63) is 24.4 Å². The Balaban J connectivity index is 1.53. The third-order valence-corrected chi connectivity index (χ3v) is 4.85. The van der Waals surface area contributed by atoms with Gasteiger partial charge in [-0.05, 0) is 38.0 Å². The first-order chi connectivity index (χ1) is 12.6. The molecule has 0 saturated carbocycles. The Kier molecular flexibility index (Phi) is 5.75. The van der Waals surface area contributed by atoms with Gasteiger partial charge < -0.3 is 14.4 Å². The molecule has 7 nitrogen and oxygen atoms in total. The molecule has 26 heavy (non-hydrogen) atoms. The minimum atomic E-state index is -0.141. The molecular formula is C19H25N3O4. The number of likely N-dealkylation sites (tertiary alicyclic amines) is 1. The van der Waals surface area contributed by atoms with Crippen LogP contribution < -0.4 is 4.74 Å². The first-order valence-electron chi connectivity index (χ1n) is 9.06. The zero-order valence-electron chi connectivity index (χ0n) is 15.3. The number of carbonyl (C=O) groups is 2. The Bertz CT molecular complexity index is 778. The average molecular weight is 359 g/mol. The Labute approximate surface area is 152 Å². The maximum atomic E-state index is 12.5. The number of ether oxygens (including phenoxy) is 2. The topological polar surface area (TPSA) is 73.7 Å². The van der Waals surface area contributed by atoms with Gasteiger partial charge in [0.05, 0.1) is 37.9 Å². The standard InChI is InChI=1S/C19H25N3O4/c1-3-26-19(24)14-6-9-21(10-7-14)18(23)8-11-22-17-5-4-16(25-2)12-15(17)13-20-22/h4-5,12-14H,3,6-11H2,1-2H3. The van der Waals surface area contributed by atoms with E-state index in [1.54, 1.807) is 13.3 Å². The van der Waals surface area contributed by atoms with E-state index in [9.17, 15) is 9.59 Å². The summed E-state index contributed by atoms with van der Waals surface area (Å²) in [4.78, 5) is 26.1. The van der Waals surface area contributed by atoms with Crippen LogP contribution >= 0.6 is 0 Å². The molecule has 0 atom stereocenters. The zero-order chi connectivity index (χ0) is 18.5. The van der Waals surface area contributed by atoms with Crippen LogP contribution in [0.1, 0.15) is 26.2 Å². The molecule has 2 heterocycles. The fourth-order valence-corrected chi connectivity index (χ4v) is 3.35. The predicted molar refractivity (Wildman–Crippen MR) is 96.8 cm³/mol. The number of hydrogen-bond donors (Lipinski definition) is 0. The quantitative estimate of drug-likeness (QED) is 0.740. The minimum absolute atomic E-state index is 0.0796. The van der Waals surface area contributed by atoms with E-state index in [1.807, 2.05) is 34.7 Å². The summed E-state index contributed by atoms with van der Waals surface area (Å²) in [5.41, 5.74) is 0.986. The van der Waals surface area contributed by atoms with Crippen molar-refractivity contribution < 1.29 is 19.1 Å². The van der Waals surface area contributed by atoms with Crippen molar-refractivity contribution in [2.24, 2.45) is 5.92 Å². The van der Waals surface area contributed by atoms with Crippen LogP contribution in [0.25, 0.3) is 10.9 Å². The van der Waals surface area contributed by atoms with Gasteiger partial charge in [-0.15, -0.1) is 0 Å². The number of nitrogens with zero attached hydrogens (tertiary/aromatic N) is 3. The highest BCUT2D eigenvalue weighted by Crippen LogP contribution is 2.22. The van der Waals surface area contributed by atoms with Gasteiger partial charge in [-0.2, -0.15) is 5.10 Å². The lowest BCUT2D eigenvalue weighted by Crippen LogP contribution is -2.40. The molecule has 1 aromatic heterocycles. The maximum absolute atomic E-state index is 12.5. The van der Waals surface area contributed by atoms with E-state index >= 15 is 0 Å². The maximum Gasteiger partial charge on any atom is 0.309 e. The van der Waals surface area contributed by atoms with Gasteiger partial charge in [-0.3, -0.25) is 14.3 Å². The second-order valence-electron chi connectivity index (χ2n) is 6.45. The Hall–Kier alpha value is -2.57. The smallest absolute Gasteiger partial charge is 0.309 e. The van der Waals surface area contributed by atoms with Crippen molar-refractivity contribution in [3.63, 3.8) is 0 Å². The highest BCUT2D eigenvalue weighted by molar-refractivity contribution is 5.81. The fourth-order valence-electron chi connectivity index (χ4n) is 3.35. The predicted octanol–water partition coefficient (Wildman–Crippen LogP) is 2.24. The molecule has 7 heteroatoms. The number of esters is 1. The molecule has 1 amide bonds. The summed E-state index contributed by atoms with van der Waals surface area (Å²) in [5.74, 6) is 0.671. The minimum Gasteiger partial charge on any atom is -0.497 e. The summed E-state index contributed by atoms with van der Waals surface area (Å²) < 4.78 is 12.1. The number of aromatic nitrogens is 2. The van der Waals surface area contributed by atoms with Gasteiger partial charge >= 0.3 is 5.97 Å². The van der Waals surface area contributed by atoms with Gasteiger partial charge in [-0.1, -0.05) is 0 Å². The molecule has 0 unspecified atom stereocenters. The summed E-state index contributed by atoms with van der Waals surface area (Å²) in [6.45, 7) is 3.97. The molecule has 0 spiro atoms. The van der Waals surface area contributed by atoms with E-state index in [4.69, 9.17) is 9.47 Å². The summed E-state index contributed by atoms with van der Waals surface area (Å²) in [7, 11) is 1.63. The number of rotatable bonds is 6. The molecule has 1 aliphatic heterocycles. The molecule has 0 N–H and O–H groups in total. The Morgan fingerprint density at radius 1 is 1.27 bits per heavy atom. The highest BCUT2D eigenvalue weighted by Gasteiger charge is 2.28. The van der Waals surface area contributed by atoms with Crippen LogP contribution in [-0.4, -0.2) is 53.4 Å². The van der Waals surface area contributed by atoms with Gasteiger partial charge in [0.1, 0.15) is 5.75 Å². The van der Waals surface area contributed by atoms with Crippen LogP contribution in [0.2, 0.25) is 0 Å². The SMILES string of the molecule is CCOC(=O)C1CCN(C(=O)CCn2ncc3cc(OC)ccc32)CC1. The van der Waals surface area contributed by atoms with Crippen LogP contribution in [0.4, 0.5) is 0 Å². The number of hydrogen-bond acceptors (Lipinski definition) is 5. The second kappa shape index (κ2) is 8.21. The fraction of sp³-hybridized carbons (Fsp3) is 0.526. The first kappa shape index (κ1) is 18.2. The molecular weight excluding hydrogens is 334 g/mol. The lowest BCUT2D eigenvalue weighted by molar-refractivity contribution is -0.151. The molecule has 140 valence electrons. The molecule has 0 aliphatic carbocycles. The van der Waals surface area contributed by atoms with Gasteiger partial charge in [0.2, 0.25) is 5.91 Å². The molecule has 2 aromatic rings. The summed E-state index contributed by atoms with van der Waals surface area (Å²) >= 11 is 0. The number of benzene rings is 1. The number of carbonyl (C=O) groups excluding carboxylic acids is 2. The van der Waals surface area contributed by atoms with Crippen molar-refractivity contribution in [2.45, 2.75) is 32.7 Å². The van der Waals surface area contributed by atoms with E-state index < -0.39 is 0 Å². The normalized spacial score (nSPS) is 15.2. The second-order valence-corrected chi connectivity index (χ2v) is 6.45. The number of fused-ring (bicyclic) bond motifs is 1. The largest absolute Gasteiger partial charge is 0.497 e. The van der Waals surface area contributed by atoms with Crippen molar-refractivity contribution in [3.8, 4) is 5.75 Å². The number of aryl methyl sites for hydroxylation is 1. The lowest BCUT2D eigenvalue weighted by Gasteiger charge is -2.31. The zero-order valence-corrected chi connectivity index (χ0v) is 15.3. The highest BCUT2D eigenvalue weighted by atomic mass is 16.5. The molecule has 3 rings (SSSR count). The van der Waals surface area contributed by atoms with Crippen molar-refractivity contribution in [1.29, 1.82) is 0 Å². The van der Waals surface area contributed by atoms with Gasteiger partial charge in [0.15, 0.2) is 0 Å². The monoisotopic (exact) mass is 359 g/mol. The van der Waals surface area contributed by atoms with Crippen LogP contribution in [0, 0.1) is 5.92 Å². The third-order valence-electron chi connectivity index (χ3n) is 4.85. The van der Waals surface area contributed by atoms with Gasteiger partial charge in [0.25, 0.3) is 0 Å². The first-order valence-corrected chi connectivity index (χ1v) is 9.06. The molecule has 0 radical (unpaired) electrons. The summed E-state index contributed by atoms with van der Waals surface area (Å²) in [6.07, 6.45) is 3.53. The van der Waals surface area contributed by atoms with Crippen LogP contribution in [0.15, 0.2) is 24.4 Å². The molecule has 1 aromatic carbocycles. The molecule has 1 saturated heterocycles. The van der Waals surface area contributed by atoms with E-state index in [1.165, 1.54) is 0 Å². The van der Waals surface area contributed by atoms with E-state index in [0.29, 0.717) is 45.5 Å². The lowest BCUT2D eigenvalue weighted by atomic mass is 9.97. The van der Waals surface area contributed by atoms with Crippen LogP contribution in [0.5, 0.6) is 5.75 Å². The van der Waals surface area contributed by atoms with Crippen molar-refractivity contribution in [2.75, 3.05) is 26.8 Å². The Morgan fingerprint density at radius 2 is 2.04 bits per heavy atom. The van der Waals surface area contributed by atoms with E-state index in [-0.39, 0.29) is 17.8 Å². The summed E-state index contributed by atoms with van der Waals surface area (Å²) in [6, 6.07) is 5.78.